The summed E-state index contributed by atoms with van der Waals surface area (Å²) in [4.78, 5) is 55.6. The van der Waals surface area contributed by atoms with Crippen molar-refractivity contribution in [2.75, 3.05) is 13.2 Å². The molecule has 0 N–H and O–H groups in total. The van der Waals surface area contributed by atoms with Crippen LogP contribution in [0.25, 0.3) is 0 Å². The van der Waals surface area contributed by atoms with Crippen LogP contribution in [0, 0.1) is 0 Å². The number of hydrazine groups is 1. The van der Waals surface area contributed by atoms with Crippen molar-refractivity contribution in [2.24, 2.45) is 0 Å². The van der Waals surface area contributed by atoms with Gasteiger partial charge in [-0.2, -0.15) is 0 Å². The van der Waals surface area contributed by atoms with Gasteiger partial charge in [-0.05, 0) is 59.1 Å². The number of nitrogens with zero attached hydrogens (tertiary/aromatic N) is 3. The highest BCUT2D eigenvalue weighted by Crippen LogP contribution is 2.30. The number of amides is 4. The third-order valence-electron chi connectivity index (χ3n) is 6.73. The molecule has 232 valence electrons. The molecule has 2 aromatic rings. The van der Waals surface area contributed by atoms with E-state index in [9.17, 15) is 19.2 Å². The average Bonchev–Trinajstić information content (AvgIpc) is 3.29. The second-order valence-electron chi connectivity index (χ2n) is 12.7. The van der Waals surface area contributed by atoms with E-state index in [1.54, 1.807) is 41.5 Å². The zero-order chi connectivity index (χ0) is 31.4. The molecule has 2 heterocycles. The zero-order valence-electron chi connectivity index (χ0n) is 25.6. The van der Waals surface area contributed by atoms with E-state index in [0.29, 0.717) is 6.42 Å². The first-order chi connectivity index (χ1) is 20.2. The molecule has 0 aromatic heterocycles. The molecule has 3 atom stereocenters. The molecular weight excluding hydrogens is 554 g/mol. The van der Waals surface area contributed by atoms with Crippen LogP contribution in [0.2, 0.25) is 0 Å². The number of rotatable bonds is 6. The van der Waals surface area contributed by atoms with Gasteiger partial charge < -0.3 is 18.9 Å². The van der Waals surface area contributed by atoms with Crippen LogP contribution in [-0.4, -0.2) is 81.6 Å². The maximum atomic E-state index is 14.3. The summed E-state index contributed by atoms with van der Waals surface area (Å²) >= 11 is 0. The van der Waals surface area contributed by atoms with E-state index < -0.39 is 53.6 Å². The summed E-state index contributed by atoms with van der Waals surface area (Å²) in [5.41, 5.74) is -0.0218. The van der Waals surface area contributed by atoms with Gasteiger partial charge in [-0.1, -0.05) is 60.7 Å². The largest absolute Gasteiger partial charge is 0.447 e. The van der Waals surface area contributed by atoms with E-state index in [4.69, 9.17) is 18.9 Å². The van der Waals surface area contributed by atoms with Crippen LogP contribution >= 0.6 is 0 Å². The molecule has 4 amide bonds. The van der Waals surface area contributed by atoms with Gasteiger partial charge in [0.25, 0.3) is 5.91 Å². The van der Waals surface area contributed by atoms with E-state index in [1.807, 2.05) is 60.7 Å². The van der Waals surface area contributed by atoms with Crippen LogP contribution in [0.4, 0.5) is 14.4 Å². The van der Waals surface area contributed by atoms with Crippen LogP contribution in [0.3, 0.4) is 0 Å². The van der Waals surface area contributed by atoms with Gasteiger partial charge in [-0.3, -0.25) is 4.79 Å². The summed E-state index contributed by atoms with van der Waals surface area (Å²) in [6.45, 7) is 10.3. The summed E-state index contributed by atoms with van der Waals surface area (Å²) < 4.78 is 22.8. The Balaban J connectivity index is 1.69. The first kappa shape index (κ1) is 31.8. The maximum absolute atomic E-state index is 14.3. The third kappa shape index (κ3) is 8.47. The normalized spacial score (nSPS) is 20.9. The third-order valence-corrected chi connectivity index (χ3v) is 6.73. The molecule has 2 aliphatic heterocycles. The molecule has 0 unspecified atom stereocenters. The minimum atomic E-state index is -1.32. The fraction of sp³-hybridized carbons (Fsp3) is 0.500. The first-order valence-corrected chi connectivity index (χ1v) is 14.4. The molecule has 0 aliphatic carbocycles. The highest BCUT2D eigenvalue weighted by atomic mass is 16.6. The van der Waals surface area contributed by atoms with Gasteiger partial charge in [0.2, 0.25) is 0 Å². The Morgan fingerprint density at radius 1 is 0.837 bits per heavy atom. The number of cyclic esters (lactones) is 1. The van der Waals surface area contributed by atoms with E-state index in [2.05, 4.69) is 0 Å². The minimum absolute atomic E-state index is 0.00232. The number of hydrogen-bond donors (Lipinski definition) is 0. The molecule has 2 fully saturated rings. The number of carbonyl (C=O) groups excluding carboxylic acids is 4. The predicted molar refractivity (Wildman–Crippen MR) is 157 cm³/mol. The van der Waals surface area contributed by atoms with Gasteiger partial charge in [0.05, 0.1) is 25.3 Å². The molecule has 11 nitrogen and oxygen atoms in total. The van der Waals surface area contributed by atoms with Crippen LogP contribution in [-0.2, 0) is 36.8 Å². The lowest BCUT2D eigenvalue weighted by molar-refractivity contribution is -0.160. The molecule has 0 radical (unpaired) electrons. The smallest absolute Gasteiger partial charge is 0.430 e. The van der Waals surface area contributed by atoms with Crippen LogP contribution < -0.4 is 0 Å². The Bertz CT molecular complexity index is 1290. The Morgan fingerprint density at radius 2 is 1.40 bits per heavy atom. The monoisotopic (exact) mass is 595 g/mol. The summed E-state index contributed by atoms with van der Waals surface area (Å²) in [5.74, 6) is -0.698. The fourth-order valence-electron chi connectivity index (χ4n) is 4.93. The summed E-state index contributed by atoms with van der Waals surface area (Å²) in [6.07, 6.45) is -2.90. The first-order valence-electron chi connectivity index (χ1n) is 14.4. The van der Waals surface area contributed by atoms with Gasteiger partial charge in [-0.25, -0.2) is 29.3 Å². The second kappa shape index (κ2) is 13.0. The SMILES string of the molecule is CC(C)(C)OC(=O)N1C[C@@H](OCc2ccccc2)C[C@@H](C(=O)N2C(=O)OC[C@@H]2Cc2ccccc2)N1C(=O)OC(C)(C)C. The van der Waals surface area contributed by atoms with Gasteiger partial charge in [0, 0.05) is 6.42 Å². The highest BCUT2D eigenvalue weighted by Gasteiger charge is 2.51. The molecular formula is C32H41N3O8. The van der Waals surface area contributed by atoms with E-state index >= 15 is 0 Å². The van der Waals surface area contributed by atoms with Crippen molar-refractivity contribution in [1.29, 1.82) is 0 Å². The van der Waals surface area contributed by atoms with Gasteiger partial charge in [0.15, 0.2) is 0 Å². The van der Waals surface area contributed by atoms with Crippen molar-refractivity contribution in [3.8, 4) is 0 Å². The highest BCUT2D eigenvalue weighted by molar-refractivity contribution is 5.98. The molecule has 0 saturated carbocycles. The minimum Gasteiger partial charge on any atom is -0.447 e. The van der Waals surface area contributed by atoms with E-state index in [0.717, 1.165) is 26.0 Å². The number of benzene rings is 2. The second-order valence-corrected chi connectivity index (χ2v) is 12.7. The summed E-state index contributed by atoms with van der Waals surface area (Å²) in [5, 5.41) is 2.02. The van der Waals surface area contributed by atoms with Gasteiger partial charge in [0.1, 0.15) is 23.9 Å². The number of imide groups is 1. The Morgan fingerprint density at radius 3 is 1.98 bits per heavy atom. The van der Waals surface area contributed by atoms with Crippen molar-refractivity contribution < 1.29 is 38.1 Å². The van der Waals surface area contributed by atoms with Crippen LogP contribution in [0.15, 0.2) is 60.7 Å². The average molecular weight is 596 g/mol. The molecule has 43 heavy (non-hydrogen) atoms. The molecule has 0 spiro atoms. The van der Waals surface area contributed by atoms with E-state index in [-0.39, 0.29) is 26.2 Å². The van der Waals surface area contributed by atoms with Crippen molar-refractivity contribution in [1.82, 2.24) is 14.9 Å². The van der Waals surface area contributed by atoms with Gasteiger partial charge >= 0.3 is 18.3 Å². The molecule has 4 rings (SSSR count). The number of hydrogen-bond acceptors (Lipinski definition) is 8. The van der Waals surface area contributed by atoms with Crippen molar-refractivity contribution in [3.05, 3.63) is 71.8 Å². The van der Waals surface area contributed by atoms with Gasteiger partial charge in [-0.15, -0.1) is 0 Å². The lowest BCUT2D eigenvalue weighted by Gasteiger charge is -2.46. The molecule has 2 aromatic carbocycles. The lowest BCUT2D eigenvalue weighted by atomic mass is 10.0. The summed E-state index contributed by atoms with van der Waals surface area (Å²) in [6, 6.07) is 17.0. The standard InChI is InChI=1S/C32H41N3O8/c1-31(2,3)42-28(37)33-19-25(40-20-23-15-11-8-12-16-23)18-26(35(33)30(39)43-32(4,5)6)27(36)34-24(21-41-29(34)38)17-22-13-9-7-10-14-22/h7-16,24-26H,17-21H2,1-6H3/t24-,25-,26-/m0/s1. The number of ether oxygens (including phenoxy) is 4. The van der Waals surface area contributed by atoms with Crippen LogP contribution in [0.5, 0.6) is 0 Å². The molecule has 2 aliphatic rings. The lowest BCUT2D eigenvalue weighted by Crippen LogP contribution is -2.67. The molecule has 11 heteroatoms. The van der Waals surface area contributed by atoms with Crippen LogP contribution in [0.1, 0.15) is 59.1 Å². The van der Waals surface area contributed by atoms with Crippen molar-refractivity contribution in [3.63, 3.8) is 0 Å². The Hall–Kier alpha value is -4.12. The Labute approximate surface area is 252 Å². The number of carbonyl (C=O) groups is 4. The topological polar surface area (TPSA) is 115 Å². The zero-order valence-corrected chi connectivity index (χ0v) is 25.6. The maximum Gasteiger partial charge on any atom is 0.430 e. The summed E-state index contributed by atoms with van der Waals surface area (Å²) in [7, 11) is 0. The molecule has 2 saturated heterocycles. The fourth-order valence-corrected chi connectivity index (χ4v) is 4.93. The Kier molecular flexibility index (Phi) is 9.64. The van der Waals surface area contributed by atoms with E-state index in [1.165, 1.54) is 0 Å². The van der Waals surface area contributed by atoms with Crippen molar-refractivity contribution >= 4 is 24.2 Å². The molecule has 0 bridgehead atoms. The quantitative estimate of drug-likeness (QED) is 0.412. The predicted octanol–water partition coefficient (Wildman–Crippen LogP) is 5.32. The van der Waals surface area contributed by atoms with Crippen molar-refractivity contribution in [2.45, 2.75) is 90.4 Å².